The molecule has 1 saturated carbocycles. The van der Waals surface area contributed by atoms with E-state index in [2.05, 4.69) is 10.3 Å². The molecule has 1 fully saturated rings. The first kappa shape index (κ1) is 10.6. The second-order valence-electron chi connectivity index (χ2n) is 4.23. The van der Waals surface area contributed by atoms with Crippen molar-refractivity contribution in [2.45, 2.75) is 25.8 Å². The number of nitrogens with one attached hydrogen (secondary N) is 1. The summed E-state index contributed by atoms with van der Waals surface area (Å²) in [5, 5.41) is 12.5. The first-order chi connectivity index (χ1) is 7.40. The first-order valence-electron chi connectivity index (χ1n) is 5.59. The Morgan fingerprint density at radius 2 is 2.33 bits per heavy atom. The van der Waals surface area contributed by atoms with Gasteiger partial charge in [0.2, 0.25) is 0 Å². The number of rotatable bonds is 5. The van der Waals surface area contributed by atoms with Crippen LogP contribution in [0.5, 0.6) is 0 Å². The minimum absolute atomic E-state index is 0.328. The molecule has 1 aliphatic carbocycles. The Hall–Kier alpha value is -0.870. The van der Waals surface area contributed by atoms with E-state index in [1.165, 1.54) is 25.7 Å². The van der Waals surface area contributed by atoms with Crippen molar-refractivity contribution in [3.05, 3.63) is 18.4 Å². The van der Waals surface area contributed by atoms with Gasteiger partial charge in [0.25, 0.3) is 0 Å². The molecular weight excluding hydrogens is 192 g/mol. The van der Waals surface area contributed by atoms with E-state index in [0.717, 1.165) is 18.8 Å². The maximum atomic E-state index is 9.16. The lowest BCUT2D eigenvalue weighted by Crippen LogP contribution is -2.26. The molecule has 0 amide bonds. The van der Waals surface area contributed by atoms with E-state index in [1.807, 2.05) is 0 Å². The van der Waals surface area contributed by atoms with E-state index >= 15 is 0 Å². The minimum Gasteiger partial charge on any atom is -0.447 e. The zero-order valence-electron chi connectivity index (χ0n) is 8.85. The standard InChI is InChI=1S/C11H18N2O2/c14-7-10-3-1-2-9(10)4-12-5-11-6-13-8-15-11/h6,8-10,12,14H,1-5,7H2. The van der Waals surface area contributed by atoms with E-state index in [-0.39, 0.29) is 0 Å². The normalized spacial score (nSPS) is 25.9. The summed E-state index contributed by atoms with van der Waals surface area (Å²) in [6.45, 7) is 2.02. The highest BCUT2D eigenvalue weighted by molar-refractivity contribution is 4.88. The molecule has 1 aliphatic rings. The van der Waals surface area contributed by atoms with Gasteiger partial charge in [-0.25, -0.2) is 4.98 Å². The van der Waals surface area contributed by atoms with Gasteiger partial charge in [-0.05, 0) is 31.2 Å². The Morgan fingerprint density at radius 1 is 1.47 bits per heavy atom. The van der Waals surface area contributed by atoms with Crippen molar-refractivity contribution in [3.63, 3.8) is 0 Å². The van der Waals surface area contributed by atoms with Gasteiger partial charge in [-0.1, -0.05) is 6.42 Å². The molecule has 0 spiro atoms. The van der Waals surface area contributed by atoms with Crippen LogP contribution in [-0.2, 0) is 6.54 Å². The Labute approximate surface area is 89.7 Å². The highest BCUT2D eigenvalue weighted by atomic mass is 16.3. The number of aliphatic hydroxyl groups is 1. The maximum Gasteiger partial charge on any atom is 0.180 e. The topological polar surface area (TPSA) is 58.3 Å². The lowest BCUT2D eigenvalue weighted by molar-refractivity contribution is 0.192. The summed E-state index contributed by atoms with van der Waals surface area (Å²) in [6, 6.07) is 0. The van der Waals surface area contributed by atoms with Crippen molar-refractivity contribution in [1.82, 2.24) is 10.3 Å². The number of nitrogens with zero attached hydrogens (tertiary/aromatic N) is 1. The Morgan fingerprint density at radius 3 is 3.07 bits per heavy atom. The number of aromatic nitrogens is 1. The van der Waals surface area contributed by atoms with Gasteiger partial charge in [0.15, 0.2) is 6.39 Å². The summed E-state index contributed by atoms with van der Waals surface area (Å²) >= 11 is 0. The summed E-state index contributed by atoms with van der Waals surface area (Å²) in [5.41, 5.74) is 0. The molecule has 0 radical (unpaired) electrons. The van der Waals surface area contributed by atoms with Gasteiger partial charge < -0.3 is 14.8 Å². The van der Waals surface area contributed by atoms with Crippen LogP contribution in [-0.4, -0.2) is 23.2 Å². The fourth-order valence-electron chi connectivity index (χ4n) is 2.33. The molecule has 4 heteroatoms. The Bertz CT molecular complexity index is 274. The van der Waals surface area contributed by atoms with Crippen molar-refractivity contribution in [1.29, 1.82) is 0 Å². The first-order valence-corrected chi connectivity index (χ1v) is 5.59. The summed E-state index contributed by atoms with van der Waals surface area (Å²) in [7, 11) is 0. The van der Waals surface area contributed by atoms with Crippen LogP contribution in [0.15, 0.2) is 17.0 Å². The van der Waals surface area contributed by atoms with Gasteiger partial charge in [0, 0.05) is 6.61 Å². The molecule has 0 saturated heterocycles. The van der Waals surface area contributed by atoms with Gasteiger partial charge in [-0.15, -0.1) is 0 Å². The summed E-state index contributed by atoms with van der Waals surface area (Å²) in [5.74, 6) is 1.98. The number of aliphatic hydroxyl groups excluding tert-OH is 1. The average molecular weight is 210 g/mol. The van der Waals surface area contributed by atoms with E-state index in [9.17, 15) is 0 Å². The smallest absolute Gasteiger partial charge is 0.180 e. The monoisotopic (exact) mass is 210 g/mol. The Balaban J connectivity index is 1.69. The number of hydrogen-bond acceptors (Lipinski definition) is 4. The molecule has 2 rings (SSSR count). The van der Waals surface area contributed by atoms with Gasteiger partial charge in [-0.2, -0.15) is 0 Å². The highest BCUT2D eigenvalue weighted by Gasteiger charge is 2.25. The number of oxazole rings is 1. The molecule has 84 valence electrons. The fourth-order valence-corrected chi connectivity index (χ4v) is 2.33. The largest absolute Gasteiger partial charge is 0.447 e. The van der Waals surface area contributed by atoms with Crippen molar-refractivity contribution < 1.29 is 9.52 Å². The third kappa shape index (κ3) is 2.79. The molecule has 1 aromatic heterocycles. The molecule has 0 bridgehead atoms. The van der Waals surface area contributed by atoms with Gasteiger partial charge in [-0.3, -0.25) is 0 Å². The highest BCUT2D eigenvalue weighted by Crippen LogP contribution is 2.30. The molecule has 2 N–H and O–H groups in total. The van der Waals surface area contributed by atoms with Crippen LogP contribution in [0.2, 0.25) is 0 Å². The van der Waals surface area contributed by atoms with Crippen LogP contribution >= 0.6 is 0 Å². The predicted molar refractivity (Wildman–Crippen MR) is 56.1 cm³/mol. The summed E-state index contributed by atoms with van der Waals surface area (Å²) in [6.07, 6.45) is 6.83. The van der Waals surface area contributed by atoms with Crippen LogP contribution < -0.4 is 5.32 Å². The molecule has 2 unspecified atom stereocenters. The lowest BCUT2D eigenvalue weighted by atomic mass is 9.97. The second kappa shape index (κ2) is 5.28. The maximum absolute atomic E-state index is 9.16. The van der Waals surface area contributed by atoms with E-state index in [4.69, 9.17) is 9.52 Å². The van der Waals surface area contributed by atoms with Crippen LogP contribution in [0.1, 0.15) is 25.0 Å². The van der Waals surface area contributed by atoms with Crippen molar-refractivity contribution in [2.24, 2.45) is 11.8 Å². The summed E-state index contributed by atoms with van der Waals surface area (Å²) < 4.78 is 5.13. The van der Waals surface area contributed by atoms with Gasteiger partial charge in [0.1, 0.15) is 5.76 Å². The third-order valence-corrected chi connectivity index (χ3v) is 3.24. The van der Waals surface area contributed by atoms with Crippen LogP contribution in [0.25, 0.3) is 0 Å². The fraction of sp³-hybridized carbons (Fsp3) is 0.727. The van der Waals surface area contributed by atoms with Crippen LogP contribution in [0.4, 0.5) is 0 Å². The van der Waals surface area contributed by atoms with Crippen LogP contribution in [0.3, 0.4) is 0 Å². The molecular formula is C11H18N2O2. The van der Waals surface area contributed by atoms with Gasteiger partial charge >= 0.3 is 0 Å². The molecule has 1 heterocycles. The molecule has 0 aliphatic heterocycles. The van der Waals surface area contributed by atoms with E-state index in [0.29, 0.717) is 18.4 Å². The summed E-state index contributed by atoms with van der Waals surface area (Å²) in [4.78, 5) is 3.86. The third-order valence-electron chi connectivity index (χ3n) is 3.24. The number of hydrogen-bond donors (Lipinski definition) is 2. The SMILES string of the molecule is OCC1CCCC1CNCc1cnco1. The van der Waals surface area contributed by atoms with E-state index in [1.54, 1.807) is 6.20 Å². The molecule has 1 aromatic rings. The van der Waals surface area contributed by atoms with Crippen LogP contribution in [0, 0.1) is 11.8 Å². The van der Waals surface area contributed by atoms with Crippen molar-refractivity contribution >= 4 is 0 Å². The van der Waals surface area contributed by atoms with E-state index < -0.39 is 0 Å². The quantitative estimate of drug-likeness (QED) is 0.766. The van der Waals surface area contributed by atoms with Crippen molar-refractivity contribution in [3.8, 4) is 0 Å². The average Bonchev–Trinajstić information content (AvgIpc) is 2.88. The predicted octanol–water partition coefficient (Wildman–Crippen LogP) is 1.17. The molecule has 0 aromatic carbocycles. The zero-order chi connectivity index (χ0) is 10.5. The molecule has 4 nitrogen and oxygen atoms in total. The second-order valence-corrected chi connectivity index (χ2v) is 4.23. The van der Waals surface area contributed by atoms with Gasteiger partial charge in [0.05, 0.1) is 12.7 Å². The zero-order valence-corrected chi connectivity index (χ0v) is 8.85. The molecule has 2 atom stereocenters. The lowest BCUT2D eigenvalue weighted by Gasteiger charge is -2.17. The minimum atomic E-state index is 0.328. The van der Waals surface area contributed by atoms with Crippen molar-refractivity contribution in [2.75, 3.05) is 13.2 Å². The molecule has 15 heavy (non-hydrogen) atoms. The Kier molecular flexibility index (Phi) is 3.75.